The zero-order valence-electron chi connectivity index (χ0n) is 15.4. The Kier molecular flexibility index (Phi) is 5.46. The topological polar surface area (TPSA) is 72.8 Å². The third-order valence-corrected chi connectivity index (χ3v) is 4.94. The Hall–Kier alpha value is -2.54. The number of nitrogens with zero attached hydrogens (tertiary/aromatic N) is 3. The van der Waals surface area contributed by atoms with Gasteiger partial charge in [-0.25, -0.2) is 9.67 Å². The van der Waals surface area contributed by atoms with Crippen molar-refractivity contribution in [3.63, 3.8) is 0 Å². The molecule has 0 atom stereocenters. The van der Waals surface area contributed by atoms with Gasteiger partial charge in [0.1, 0.15) is 0 Å². The van der Waals surface area contributed by atoms with Crippen LogP contribution in [0.3, 0.4) is 0 Å². The molecule has 136 valence electrons. The number of benzene rings is 1. The lowest BCUT2D eigenvalue weighted by Crippen LogP contribution is -2.08. The molecule has 2 heterocycles. The molecular formula is C19H22N4O2S. The Labute approximate surface area is 156 Å². The molecule has 0 spiro atoms. The largest absolute Gasteiger partial charge is 0.491 e. The SMILES string of the molecule is COc1c[nH]c(-c2nc(CCSC)nn2-c2cccc(C)c2C)cc1=O. The first-order valence-corrected chi connectivity index (χ1v) is 9.73. The van der Waals surface area contributed by atoms with Gasteiger partial charge in [-0.2, -0.15) is 16.9 Å². The number of aromatic amines is 1. The highest BCUT2D eigenvalue weighted by molar-refractivity contribution is 7.98. The lowest BCUT2D eigenvalue weighted by Gasteiger charge is -2.11. The quantitative estimate of drug-likeness (QED) is 0.722. The average molecular weight is 370 g/mol. The van der Waals surface area contributed by atoms with Crippen molar-refractivity contribution in [3.05, 3.63) is 57.6 Å². The minimum atomic E-state index is -0.192. The molecule has 0 amide bonds. The van der Waals surface area contributed by atoms with Gasteiger partial charge in [0.2, 0.25) is 5.43 Å². The van der Waals surface area contributed by atoms with Crippen molar-refractivity contribution in [1.29, 1.82) is 0 Å². The fourth-order valence-corrected chi connectivity index (χ4v) is 3.09. The summed E-state index contributed by atoms with van der Waals surface area (Å²) in [4.78, 5) is 20.0. The van der Waals surface area contributed by atoms with Crippen LogP contribution in [0.5, 0.6) is 5.75 Å². The van der Waals surface area contributed by atoms with Crippen molar-refractivity contribution in [1.82, 2.24) is 19.7 Å². The summed E-state index contributed by atoms with van der Waals surface area (Å²) >= 11 is 1.75. The number of methoxy groups -OCH3 is 1. The maximum absolute atomic E-state index is 12.2. The summed E-state index contributed by atoms with van der Waals surface area (Å²) < 4.78 is 6.87. The van der Waals surface area contributed by atoms with Crippen molar-refractivity contribution < 1.29 is 4.74 Å². The highest BCUT2D eigenvalue weighted by atomic mass is 32.2. The van der Waals surface area contributed by atoms with Crippen LogP contribution < -0.4 is 10.2 Å². The number of aromatic nitrogens is 4. The molecule has 0 bridgehead atoms. The molecule has 0 saturated carbocycles. The van der Waals surface area contributed by atoms with Crippen LogP contribution >= 0.6 is 11.8 Å². The molecule has 3 aromatic rings. The summed E-state index contributed by atoms with van der Waals surface area (Å²) in [5, 5.41) is 4.71. The smallest absolute Gasteiger partial charge is 0.224 e. The molecule has 2 aromatic heterocycles. The van der Waals surface area contributed by atoms with Crippen LogP contribution in [0.4, 0.5) is 0 Å². The van der Waals surface area contributed by atoms with E-state index in [1.807, 2.05) is 16.8 Å². The molecule has 1 aromatic carbocycles. The van der Waals surface area contributed by atoms with Gasteiger partial charge in [-0.05, 0) is 37.3 Å². The highest BCUT2D eigenvalue weighted by Crippen LogP contribution is 2.23. The summed E-state index contributed by atoms with van der Waals surface area (Å²) in [6.45, 7) is 4.13. The number of ether oxygens (including phenoxy) is 1. The molecular weight excluding hydrogens is 348 g/mol. The van der Waals surface area contributed by atoms with Gasteiger partial charge in [-0.3, -0.25) is 4.79 Å². The van der Waals surface area contributed by atoms with Gasteiger partial charge in [0.15, 0.2) is 17.4 Å². The Morgan fingerprint density at radius 2 is 2.12 bits per heavy atom. The van der Waals surface area contributed by atoms with Crippen LogP contribution in [-0.2, 0) is 6.42 Å². The first kappa shape index (κ1) is 18.3. The van der Waals surface area contributed by atoms with E-state index in [0.717, 1.165) is 29.2 Å². The zero-order valence-corrected chi connectivity index (χ0v) is 16.2. The summed E-state index contributed by atoms with van der Waals surface area (Å²) in [5.74, 6) is 2.59. The second kappa shape index (κ2) is 7.78. The molecule has 3 rings (SSSR count). The Bertz CT molecular complexity index is 978. The van der Waals surface area contributed by atoms with Crippen LogP contribution in [0, 0.1) is 13.8 Å². The van der Waals surface area contributed by atoms with Crippen molar-refractivity contribution >= 4 is 11.8 Å². The van der Waals surface area contributed by atoms with Gasteiger partial charge in [0.05, 0.1) is 18.5 Å². The van der Waals surface area contributed by atoms with Crippen molar-refractivity contribution in [2.75, 3.05) is 19.1 Å². The number of aryl methyl sites for hydroxylation is 2. The Morgan fingerprint density at radius 3 is 2.81 bits per heavy atom. The first-order valence-electron chi connectivity index (χ1n) is 8.33. The molecule has 7 heteroatoms. The summed E-state index contributed by atoms with van der Waals surface area (Å²) in [6.07, 6.45) is 4.39. The second-order valence-corrected chi connectivity index (χ2v) is 6.99. The Morgan fingerprint density at radius 1 is 1.31 bits per heavy atom. The van der Waals surface area contributed by atoms with Gasteiger partial charge in [-0.15, -0.1) is 0 Å². The van der Waals surface area contributed by atoms with Gasteiger partial charge in [-0.1, -0.05) is 12.1 Å². The molecule has 0 fully saturated rings. The predicted octanol–water partition coefficient (Wildman–Crippen LogP) is 3.15. The average Bonchev–Trinajstić information content (AvgIpc) is 3.06. The summed E-state index contributed by atoms with van der Waals surface area (Å²) in [5.41, 5.74) is 3.69. The lowest BCUT2D eigenvalue weighted by molar-refractivity contribution is 0.409. The fourth-order valence-electron chi connectivity index (χ4n) is 2.71. The molecule has 26 heavy (non-hydrogen) atoms. The Balaban J connectivity index is 2.17. The van der Waals surface area contributed by atoms with E-state index >= 15 is 0 Å². The maximum Gasteiger partial charge on any atom is 0.224 e. The van der Waals surface area contributed by atoms with E-state index in [0.29, 0.717) is 11.5 Å². The third-order valence-electron chi connectivity index (χ3n) is 4.32. The van der Waals surface area contributed by atoms with Crippen molar-refractivity contribution in [3.8, 4) is 23.0 Å². The summed E-state index contributed by atoms with van der Waals surface area (Å²) in [7, 11) is 1.48. The number of pyridine rings is 1. The van der Waals surface area contributed by atoms with E-state index in [9.17, 15) is 4.79 Å². The van der Waals surface area contributed by atoms with Gasteiger partial charge in [0, 0.05) is 24.4 Å². The van der Waals surface area contributed by atoms with E-state index in [1.54, 1.807) is 18.0 Å². The highest BCUT2D eigenvalue weighted by Gasteiger charge is 2.17. The molecule has 0 unspecified atom stereocenters. The third kappa shape index (κ3) is 3.53. The second-order valence-electron chi connectivity index (χ2n) is 6.00. The van der Waals surface area contributed by atoms with Gasteiger partial charge in [0.25, 0.3) is 0 Å². The minimum Gasteiger partial charge on any atom is -0.491 e. The van der Waals surface area contributed by atoms with Crippen LogP contribution in [-0.4, -0.2) is 38.9 Å². The number of hydrogen-bond acceptors (Lipinski definition) is 5. The number of H-pyrrole nitrogens is 1. The fraction of sp³-hybridized carbons (Fsp3) is 0.316. The van der Waals surface area contributed by atoms with E-state index in [-0.39, 0.29) is 11.2 Å². The number of hydrogen-bond donors (Lipinski definition) is 1. The lowest BCUT2D eigenvalue weighted by atomic mass is 10.1. The molecule has 0 aliphatic heterocycles. The molecule has 0 radical (unpaired) electrons. The van der Waals surface area contributed by atoms with E-state index < -0.39 is 0 Å². The van der Waals surface area contributed by atoms with Crippen molar-refractivity contribution in [2.24, 2.45) is 0 Å². The molecule has 1 N–H and O–H groups in total. The normalized spacial score (nSPS) is 10.9. The monoisotopic (exact) mass is 370 g/mol. The molecule has 0 aliphatic carbocycles. The van der Waals surface area contributed by atoms with Crippen LogP contribution in [0.25, 0.3) is 17.2 Å². The zero-order chi connectivity index (χ0) is 18.7. The van der Waals surface area contributed by atoms with Gasteiger partial charge < -0.3 is 9.72 Å². The maximum atomic E-state index is 12.2. The predicted molar refractivity (Wildman–Crippen MR) is 106 cm³/mol. The van der Waals surface area contributed by atoms with Crippen LogP contribution in [0.2, 0.25) is 0 Å². The van der Waals surface area contributed by atoms with E-state index in [1.165, 1.54) is 18.7 Å². The first-order chi connectivity index (χ1) is 12.5. The number of nitrogens with one attached hydrogen (secondary N) is 1. The van der Waals surface area contributed by atoms with Crippen LogP contribution in [0.15, 0.2) is 35.3 Å². The van der Waals surface area contributed by atoms with Crippen molar-refractivity contribution in [2.45, 2.75) is 20.3 Å². The van der Waals surface area contributed by atoms with Gasteiger partial charge >= 0.3 is 0 Å². The van der Waals surface area contributed by atoms with E-state index in [4.69, 9.17) is 9.84 Å². The minimum absolute atomic E-state index is 0.192. The van der Waals surface area contributed by atoms with Crippen LogP contribution in [0.1, 0.15) is 17.0 Å². The number of rotatable bonds is 6. The molecule has 6 nitrogen and oxygen atoms in total. The standard InChI is InChI=1S/C19H22N4O2S/c1-12-6-5-7-15(13(12)2)23-19(21-18(22-23)8-9-26-4)14-10-16(24)17(25-3)11-20-14/h5-7,10-11H,8-9H2,1-4H3,(H,20,24). The molecule has 0 aliphatic rings. The summed E-state index contributed by atoms with van der Waals surface area (Å²) in [6, 6.07) is 7.59. The molecule has 0 saturated heterocycles. The van der Waals surface area contributed by atoms with E-state index in [2.05, 4.69) is 36.1 Å². The number of thioether (sulfide) groups is 1.